The van der Waals surface area contributed by atoms with Gasteiger partial charge in [-0.3, -0.25) is 4.90 Å². The molecule has 1 N–H and O–H groups in total. The van der Waals surface area contributed by atoms with Crippen molar-refractivity contribution in [3.63, 3.8) is 0 Å². The maximum Gasteiger partial charge on any atom is 0.336 e. The molecule has 1 heterocycles. The highest BCUT2D eigenvalue weighted by Crippen LogP contribution is 2.30. The molecular formula is C27H29ClN2O2S. The summed E-state index contributed by atoms with van der Waals surface area (Å²) < 4.78 is 0. The van der Waals surface area contributed by atoms with Crippen LogP contribution >= 0.6 is 23.4 Å². The van der Waals surface area contributed by atoms with Gasteiger partial charge in [0.1, 0.15) is 0 Å². The van der Waals surface area contributed by atoms with Gasteiger partial charge in [-0.15, -0.1) is 11.8 Å². The number of nitrogens with zero attached hydrogens (tertiary/aromatic N) is 2. The molecule has 6 heteroatoms. The molecule has 172 valence electrons. The van der Waals surface area contributed by atoms with E-state index in [1.807, 2.05) is 24.3 Å². The molecule has 3 aromatic carbocycles. The van der Waals surface area contributed by atoms with Crippen molar-refractivity contribution in [3.8, 4) is 0 Å². The molecule has 1 aliphatic rings. The van der Waals surface area contributed by atoms with Crippen LogP contribution in [0, 0.1) is 0 Å². The van der Waals surface area contributed by atoms with Crippen LogP contribution in [-0.2, 0) is 0 Å². The Labute approximate surface area is 205 Å². The van der Waals surface area contributed by atoms with Crippen molar-refractivity contribution in [2.45, 2.75) is 17.4 Å². The third-order valence-electron chi connectivity index (χ3n) is 6.07. The van der Waals surface area contributed by atoms with Crippen molar-refractivity contribution in [1.29, 1.82) is 0 Å². The standard InChI is InChI=1S/C27H29ClN2O2S/c28-23-13-11-22(12-14-23)26(21-7-2-1-3-8-21)30-18-16-29(17-19-30)15-6-20-33-25-10-5-4-9-24(25)27(31)32/h1-5,7-14,26H,6,15-20H2,(H,31,32). The minimum absolute atomic E-state index is 0.230. The normalized spacial score (nSPS) is 15.9. The molecule has 3 aromatic rings. The third-order valence-corrected chi connectivity index (χ3v) is 7.48. The summed E-state index contributed by atoms with van der Waals surface area (Å²) in [5.74, 6) is 0.0601. The first-order chi connectivity index (χ1) is 16.1. The molecule has 1 saturated heterocycles. The lowest BCUT2D eigenvalue weighted by atomic mass is 9.96. The van der Waals surface area contributed by atoms with Crippen molar-refractivity contribution in [2.75, 3.05) is 38.5 Å². The molecule has 1 aliphatic heterocycles. The lowest BCUT2D eigenvalue weighted by Gasteiger charge is -2.40. The fourth-order valence-corrected chi connectivity index (χ4v) is 5.48. The number of carboxylic acids is 1. The number of benzene rings is 3. The zero-order chi connectivity index (χ0) is 23.0. The van der Waals surface area contributed by atoms with E-state index in [9.17, 15) is 9.90 Å². The molecule has 33 heavy (non-hydrogen) atoms. The Balaban J connectivity index is 1.31. The molecule has 4 rings (SSSR count). The first kappa shape index (κ1) is 23.8. The van der Waals surface area contributed by atoms with E-state index >= 15 is 0 Å². The second-order valence-electron chi connectivity index (χ2n) is 8.25. The number of carboxylic acid groups (broad SMARTS) is 1. The first-order valence-electron chi connectivity index (χ1n) is 11.3. The van der Waals surface area contributed by atoms with Gasteiger partial charge in [0, 0.05) is 36.1 Å². The summed E-state index contributed by atoms with van der Waals surface area (Å²) in [5, 5.41) is 10.1. The second-order valence-corrected chi connectivity index (χ2v) is 9.82. The van der Waals surface area contributed by atoms with Gasteiger partial charge in [0.25, 0.3) is 0 Å². The van der Waals surface area contributed by atoms with Crippen LogP contribution in [0.5, 0.6) is 0 Å². The zero-order valence-electron chi connectivity index (χ0n) is 18.6. The number of hydrogen-bond acceptors (Lipinski definition) is 4. The molecule has 0 aliphatic carbocycles. The molecular weight excluding hydrogens is 452 g/mol. The van der Waals surface area contributed by atoms with Crippen LogP contribution in [0.2, 0.25) is 5.02 Å². The molecule has 0 amide bonds. The van der Waals surface area contributed by atoms with Crippen molar-refractivity contribution >= 4 is 29.3 Å². The predicted octanol–water partition coefficient (Wildman–Crippen LogP) is 5.93. The van der Waals surface area contributed by atoms with E-state index in [2.05, 4.69) is 52.3 Å². The largest absolute Gasteiger partial charge is 0.478 e. The lowest BCUT2D eigenvalue weighted by molar-refractivity contribution is 0.0693. The van der Waals surface area contributed by atoms with E-state index < -0.39 is 5.97 Å². The van der Waals surface area contributed by atoms with Gasteiger partial charge in [0.2, 0.25) is 0 Å². The predicted molar refractivity (Wildman–Crippen MR) is 136 cm³/mol. The third kappa shape index (κ3) is 6.39. The molecule has 0 aromatic heterocycles. The quantitative estimate of drug-likeness (QED) is 0.304. The fraction of sp³-hybridized carbons (Fsp3) is 0.296. The zero-order valence-corrected chi connectivity index (χ0v) is 20.1. The van der Waals surface area contributed by atoms with E-state index in [0.717, 1.165) is 54.8 Å². The SMILES string of the molecule is O=C(O)c1ccccc1SCCCN1CCN(C(c2ccccc2)c2ccc(Cl)cc2)CC1. The molecule has 1 atom stereocenters. The monoisotopic (exact) mass is 480 g/mol. The van der Waals surface area contributed by atoms with Crippen molar-refractivity contribution in [2.24, 2.45) is 0 Å². The Morgan fingerprint density at radius 3 is 2.21 bits per heavy atom. The van der Waals surface area contributed by atoms with Gasteiger partial charge in [0.05, 0.1) is 11.6 Å². The summed E-state index contributed by atoms with van der Waals surface area (Å²) in [7, 11) is 0. The number of halogens is 1. The highest BCUT2D eigenvalue weighted by molar-refractivity contribution is 7.99. The Hall–Kier alpha value is -2.31. The van der Waals surface area contributed by atoms with Crippen LogP contribution in [0.4, 0.5) is 0 Å². The van der Waals surface area contributed by atoms with Crippen LogP contribution in [0.25, 0.3) is 0 Å². The summed E-state index contributed by atoms with van der Waals surface area (Å²) in [5.41, 5.74) is 2.97. The van der Waals surface area contributed by atoms with Gasteiger partial charge in [-0.25, -0.2) is 4.79 Å². The van der Waals surface area contributed by atoms with Crippen molar-refractivity contribution in [1.82, 2.24) is 9.80 Å². The Morgan fingerprint density at radius 1 is 0.879 bits per heavy atom. The molecule has 4 nitrogen and oxygen atoms in total. The minimum Gasteiger partial charge on any atom is -0.478 e. The van der Waals surface area contributed by atoms with E-state index in [0.29, 0.717) is 5.56 Å². The van der Waals surface area contributed by atoms with Gasteiger partial charge in [-0.05, 0) is 54.1 Å². The van der Waals surface area contributed by atoms with E-state index in [1.54, 1.807) is 23.9 Å². The average molecular weight is 481 g/mol. The topological polar surface area (TPSA) is 43.8 Å². The maximum absolute atomic E-state index is 11.4. The van der Waals surface area contributed by atoms with Crippen LogP contribution < -0.4 is 0 Å². The number of thioether (sulfide) groups is 1. The summed E-state index contributed by atoms with van der Waals surface area (Å²) >= 11 is 7.78. The minimum atomic E-state index is -0.858. The molecule has 0 saturated carbocycles. The Kier molecular flexibility index (Phi) is 8.46. The van der Waals surface area contributed by atoms with E-state index in [1.165, 1.54) is 11.1 Å². The summed E-state index contributed by atoms with van der Waals surface area (Å²) in [6, 6.07) is 26.4. The Bertz CT molecular complexity index is 1040. The summed E-state index contributed by atoms with van der Waals surface area (Å²) in [6.45, 7) is 5.13. The number of rotatable bonds is 9. The first-order valence-corrected chi connectivity index (χ1v) is 12.7. The smallest absolute Gasteiger partial charge is 0.336 e. The van der Waals surface area contributed by atoms with E-state index in [-0.39, 0.29) is 6.04 Å². The van der Waals surface area contributed by atoms with Gasteiger partial charge in [-0.1, -0.05) is 66.2 Å². The summed E-state index contributed by atoms with van der Waals surface area (Å²) in [6.07, 6.45) is 1.04. The number of aromatic carboxylic acids is 1. The molecule has 0 bridgehead atoms. The van der Waals surface area contributed by atoms with Gasteiger partial charge < -0.3 is 10.0 Å². The van der Waals surface area contributed by atoms with E-state index in [4.69, 9.17) is 11.6 Å². The van der Waals surface area contributed by atoms with Gasteiger partial charge >= 0.3 is 5.97 Å². The van der Waals surface area contributed by atoms with Crippen LogP contribution in [0.15, 0.2) is 83.8 Å². The summed E-state index contributed by atoms with van der Waals surface area (Å²) in [4.78, 5) is 17.3. The number of carbonyl (C=O) groups is 1. The number of hydrogen-bond donors (Lipinski definition) is 1. The van der Waals surface area contributed by atoms with Crippen LogP contribution in [-0.4, -0.2) is 59.4 Å². The van der Waals surface area contributed by atoms with Gasteiger partial charge in [-0.2, -0.15) is 0 Å². The fourth-order valence-electron chi connectivity index (χ4n) is 4.38. The molecule has 0 radical (unpaired) electrons. The lowest BCUT2D eigenvalue weighted by Crippen LogP contribution is -2.48. The molecule has 1 unspecified atom stereocenters. The van der Waals surface area contributed by atoms with Crippen LogP contribution in [0.3, 0.4) is 0 Å². The van der Waals surface area contributed by atoms with Gasteiger partial charge in [0.15, 0.2) is 0 Å². The maximum atomic E-state index is 11.4. The van der Waals surface area contributed by atoms with Crippen LogP contribution in [0.1, 0.15) is 33.9 Å². The highest BCUT2D eigenvalue weighted by atomic mass is 35.5. The van der Waals surface area contributed by atoms with Crippen molar-refractivity contribution in [3.05, 3.63) is 101 Å². The number of piperazine rings is 1. The second kappa shape index (κ2) is 11.7. The highest BCUT2D eigenvalue weighted by Gasteiger charge is 2.26. The Morgan fingerprint density at radius 2 is 1.52 bits per heavy atom. The molecule has 0 spiro atoms. The average Bonchev–Trinajstić information content (AvgIpc) is 2.85. The van der Waals surface area contributed by atoms with Crippen molar-refractivity contribution < 1.29 is 9.90 Å². The molecule has 1 fully saturated rings.